The predicted octanol–water partition coefficient (Wildman–Crippen LogP) is 3.86. The fraction of sp³-hybridized carbons (Fsp3) is 0.188. The van der Waals surface area contributed by atoms with Gasteiger partial charge in [-0.05, 0) is 30.7 Å². The Kier molecular flexibility index (Phi) is 5.33. The number of rotatable bonds is 5. The fourth-order valence-electron chi connectivity index (χ4n) is 2.10. The van der Waals surface area contributed by atoms with Crippen molar-refractivity contribution in [3.8, 4) is 5.75 Å². The maximum atomic E-state index is 12.4. The van der Waals surface area contributed by atoms with Gasteiger partial charge in [0, 0.05) is 16.6 Å². The molecule has 0 saturated carbocycles. The molecular formula is C16H15BrN2O4. The molecule has 6 nitrogen and oxygen atoms in total. The van der Waals surface area contributed by atoms with Crippen LogP contribution in [0.15, 0.2) is 46.9 Å². The number of ether oxygens (including phenoxy) is 1. The first-order valence-corrected chi connectivity index (χ1v) is 7.60. The summed E-state index contributed by atoms with van der Waals surface area (Å²) in [5.41, 5.74) is 0.892. The van der Waals surface area contributed by atoms with Gasteiger partial charge < -0.3 is 10.1 Å². The Morgan fingerprint density at radius 2 is 1.91 bits per heavy atom. The molecular weight excluding hydrogens is 364 g/mol. The van der Waals surface area contributed by atoms with Crippen molar-refractivity contribution in [3.05, 3.63) is 68.2 Å². The van der Waals surface area contributed by atoms with Crippen molar-refractivity contribution >= 4 is 27.5 Å². The van der Waals surface area contributed by atoms with Crippen LogP contribution in [0.4, 0.5) is 5.69 Å². The number of methoxy groups -OCH3 is 1. The SMILES string of the molecule is COc1ccc([N+](=O)[O-])cc1C(=O)NC(C)c1ccc(Br)cc1. The largest absolute Gasteiger partial charge is 0.496 e. The quantitative estimate of drug-likeness (QED) is 0.632. The average Bonchev–Trinajstić information content (AvgIpc) is 2.54. The summed E-state index contributed by atoms with van der Waals surface area (Å²) in [6.07, 6.45) is 0. The summed E-state index contributed by atoms with van der Waals surface area (Å²) in [7, 11) is 1.41. The number of nitrogens with one attached hydrogen (secondary N) is 1. The third-order valence-corrected chi connectivity index (χ3v) is 3.88. The molecule has 120 valence electrons. The lowest BCUT2D eigenvalue weighted by molar-refractivity contribution is -0.384. The second kappa shape index (κ2) is 7.23. The van der Waals surface area contributed by atoms with Gasteiger partial charge >= 0.3 is 0 Å². The highest BCUT2D eigenvalue weighted by molar-refractivity contribution is 9.10. The number of benzene rings is 2. The van der Waals surface area contributed by atoms with Gasteiger partial charge in [-0.15, -0.1) is 0 Å². The second-order valence-corrected chi connectivity index (χ2v) is 5.80. The Morgan fingerprint density at radius 1 is 1.26 bits per heavy atom. The molecule has 0 aliphatic rings. The first-order chi connectivity index (χ1) is 10.9. The van der Waals surface area contributed by atoms with E-state index in [0.29, 0.717) is 0 Å². The van der Waals surface area contributed by atoms with Crippen LogP contribution in [0.25, 0.3) is 0 Å². The van der Waals surface area contributed by atoms with Crippen molar-refractivity contribution in [2.24, 2.45) is 0 Å². The molecule has 0 bridgehead atoms. The van der Waals surface area contributed by atoms with Gasteiger partial charge in [-0.25, -0.2) is 0 Å². The molecule has 0 fully saturated rings. The Bertz CT molecular complexity index is 731. The summed E-state index contributed by atoms with van der Waals surface area (Å²) in [6, 6.07) is 11.2. The van der Waals surface area contributed by atoms with Crippen LogP contribution in [-0.2, 0) is 0 Å². The van der Waals surface area contributed by atoms with Crippen LogP contribution in [0.1, 0.15) is 28.9 Å². The number of hydrogen-bond donors (Lipinski definition) is 1. The van der Waals surface area contributed by atoms with E-state index in [4.69, 9.17) is 4.74 Å². The summed E-state index contributed by atoms with van der Waals surface area (Å²) in [5.74, 6) is -0.142. The highest BCUT2D eigenvalue weighted by Gasteiger charge is 2.19. The molecule has 0 heterocycles. The molecule has 23 heavy (non-hydrogen) atoms. The molecule has 1 atom stereocenters. The molecule has 0 spiro atoms. The zero-order chi connectivity index (χ0) is 17.0. The van der Waals surface area contributed by atoms with Gasteiger partial charge in [-0.1, -0.05) is 28.1 Å². The van der Waals surface area contributed by atoms with E-state index in [1.165, 1.54) is 25.3 Å². The molecule has 0 aliphatic carbocycles. The zero-order valence-corrected chi connectivity index (χ0v) is 14.2. The van der Waals surface area contributed by atoms with Gasteiger partial charge in [0.2, 0.25) is 0 Å². The predicted molar refractivity (Wildman–Crippen MR) is 89.7 cm³/mol. The molecule has 7 heteroatoms. The minimum atomic E-state index is -0.547. The number of carbonyl (C=O) groups excluding carboxylic acids is 1. The first-order valence-electron chi connectivity index (χ1n) is 6.81. The summed E-state index contributed by atoms with van der Waals surface area (Å²) in [4.78, 5) is 22.8. The molecule has 0 saturated heterocycles. The lowest BCUT2D eigenvalue weighted by atomic mass is 10.1. The van der Waals surface area contributed by atoms with Gasteiger partial charge in [-0.3, -0.25) is 14.9 Å². The van der Waals surface area contributed by atoms with Gasteiger partial charge in [0.1, 0.15) is 5.75 Å². The topological polar surface area (TPSA) is 81.5 Å². The smallest absolute Gasteiger partial charge is 0.270 e. The summed E-state index contributed by atoms with van der Waals surface area (Å²) >= 11 is 3.35. The van der Waals surface area contributed by atoms with E-state index in [2.05, 4.69) is 21.2 Å². The van der Waals surface area contributed by atoms with Crippen LogP contribution in [-0.4, -0.2) is 17.9 Å². The minimum absolute atomic E-state index is 0.130. The molecule has 0 aliphatic heterocycles. The fourth-order valence-corrected chi connectivity index (χ4v) is 2.36. The third-order valence-electron chi connectivity index (χ3n) is 3.36. The van der Waals surface area contributed by atoms with E-state index in [9.17, 15) is 14.9 Å². The summed E-state index contributed by atoms with van der Waals surface area (Å²) in [6.45, 7) is 1.84. The summed E-state index contributed by atoms with van der Waals surface area (Å²) in [5, 5.41) is 13.7. The molecule has 1 N–H and O–H groups in total. The number of nitrogens with zero attached hydrogens (tertiary/aromatic N) is 1. The highest BCUT2D eigenvalue weighted by atomic mass is 79.9. The number of nitro benzene ring substituents is 1. The highest BCUT2D eigenvalue weighted by Crippen LogP contribution is 2.25. The van der Waals surface area contributed by atoms with Crippen LogP contribution >= 0.6 is 15.9 Å². The van der Waals surface area contributed by atoms with Crippen molar-refractivity contribution < 1.29 is 14.5 Å². The first kappa shape index (κ1) is 17.0. The second-order valence-electron chi connectivity index (χ2n) is 4.89. The van der Waals surface area contributed by atoms with Crippen molar-refractivity contribution in [1.82, 2.24) is 5.32 Å². The van der Waals surface area contributed by atoms with E-state index >= 15 is 0 Å². The van der Waals surface area contributed by atoms with E-state index in [1.807, 2.05) is 31.2 Å². The standard InChI is InChI=1S/C16H15BrN2O4/c1-10(11-3-5-12(17)6-4-11)18-16(20)14-9-13(19(21)22)7-8-15(14)23-2/h3-10H,1-2H3,(H,18,20). The maximum absolute atomic E-state index is 12.4. The number of halogens is 1. The van der Waals surface area contributed by atoms with Gasteiger partial charge in [0.15, 0.2) is 0 Å². The van der Waals surface area contributed by atoms with Crippen molar-refractivity contribution in [3.63, 3.8) is 0 Å². The average molecular weight is 379 g/mol. The molecule has 2 aromatic rings. The van der Waals surface area contributed by atoms with Crippen LogP contribution in [0.2, 0.25) is 0 Å². The Labute approximate surface area is 141 Å². The van der Waals surface area contributed by atoms with E-state index in [1.54, 1.807) is 0 Å². The van der Waals surface area contributed by atoms with E-state index in [0.717, 1.165) is 10.0 Å². The minimum Gasteiger partial charge on any atom is -0.496 e. The monoisotopic (exact) mass is 378 g/mol. The van der Waals surface area contributed by atoms with Crippen molar-refractivity contribution in [2.45, 2.75) is 13.0 Å². The number of amides is 1. The van der Waals surface area contributed by atoms with Gasteiger partial charge in [-0.2, -0.15) is 0 Å². The Balaban J connectivity index is 2.24. The van der Waals surface area contributed by atoms with Crippen LogP contribution < -0.4 is 10.1 Å². The molecule has 2 rings (SSSR count). The number of hydrogen-bond acceptors (Lipinski definition) is 4. The molecule has 1 amide bonds. The molecule has 0 aromatic heterocycles. The Hall–Kier alpha value is -2.41. The lowest BCUT2D eigenvalue weighted by Gasteiger charge is -2.15. The number of non-ortho nitro benzene ring substituents is 1. The Morgan fingerprint density at radius 3 is 2.48 bits per heavy atom. The van der Waals surface area contributed by atoms with Gasteiger partial charge in [0.25, 0.3) is 11.6 Å². The van der Waals surface area contributed by atoms with Crippen LogP contribution in [0, 0.1) is 10.1 Å². The lowest BCUT2D eigenvalue weighted by Crippen LogP contribution is -2.27. The number of nitro groups is 1. The van der Waals surface area contributed by atoms with Crippen LogP contribution in [0.5, 0.6) is 5.75 Å². The maximum Gasteiger partial charge on any atom is 0.270 e. The number of carbonyl (C=O) groups is 1. The zero-order valence-electron chi connectivity index (χ0n) is 12.6. The molecule has 1 unspecified atom stereocenters. The molecule has 2 aromatic carbocycles. The van der Waals surface area contributed by atoms with E-state index < -0.39 is 10.8 Å². The molecule has 0 radical (unpaired) electrons. The van der Waals surface area contributed by atoms with Crippen molar-refractivity contribution in [2.75, 3.05) is 7.11 Å². The van der Waals surface area contributed by atoms with Gasteiger partial charge in [0.05, 0.1) is 23.6 Å². The van der Waals surface area contributed by atoms with Crippen LogP contribution in [0.3, 0.4) is 0 Å². The normalized spacial score (nSPS) is 11.6. The van der Waals surface area contributed by atoms with Crippen molar-refractivity contribution in [1.29, 1.82) is 0 Å². The summed E-state index contributed by atoms with van der Waals surface area (Å²) < 4.78 is 6.06. The van der Waals surface area contributed by atoms with E-state index in [-0.39, 0.29) is 23.0 Å². The third kappa shape index (κ3) is 4.07.